The van der Waals surface area contributed by atoms with Gasteiger partial charge in [-0.3, -0.25) is 15.4 Å². The number of nitrogens with zero attached hydrogens (tertiary/aromatic N) is 4. The molecule has 1 aliphatic heterocycles. The van der Waals surface area contributed by atoms with Crippen LogP contribution in [0, 0.1) is 12.0 Å². The fourth-order valence-electron chi connectivity index (χ4n) is 0.615. The van der Waals surface area contributed by atoms with E-state index in [2.05, 4.69) is 46.5 Å². The molecule has 0 aromatic carbocycles. The first-order chi connectivity index (χ1) is 10.7. The average Bonchev–Trinajstić information content (AvgIpc) is 2.71. The van der Waals surface area contributed by atoms with Gasteiger partial charge in [0.15, 0.2) is 0 Å². The molecular weight excluding hydrogens is 389 g/mol. The van der Waals surface area contributed by atoms with E-state index in [9.17, 15) is 25.2 Å². The zero-order valence-corrected chi connectivity index (χ0v) is 17.1. The van der Waals surface area contributed by atoms with E-state index in [1.165, 1.54) is 0 Å². The summed E-state index contributed by atoms with van der Waals surface area (Å²) < 4.78 is 59.2. The van der Waals surface area contributed by atoms with Gasteiger partial charge in [0.1, 0.15) is 8.07 Å². The number of rotatable bonds is 1. The van der Waals surface area contributed by atoms with Crippen LogP contribution in [0.5, 0.6) is 0 Å². The van der Waals surface area contributed by atoms with E-state index in [-0.39, 0.29) is 0 Å². The number of hydrazine groups is 2. The fourth-order valence-corrected chi connectivity index (χ4v) is 0.615. The van der Waals surface area contributed by atoms with Crippen LogP contribution in [0.2, 0.25) is 19.6 Å². The molecule has 0 fully saturated rings. The molecule has 0 amide bonds. The monoisotopic (exact) mass is 415 g/mol. The van der Waals surface area contributed by atoms with Crippen molar-refractivity contribution < 1.29 is 25.2 Å². The first-order valence-corrected chi connectivity index (χ1v) is 12.1. The zero-order valence-electron chi connectivity index (χ0n) is 15.2. The molecule has 0 radical (unpaired) electrons. The molecule has 0 aliphatic carbocycles. The van der Waals surface area contributed by atoms with Crippen molar-refractivity contribution in [3.63, 3.8) is 0 Å². The van der Waals surface area contributed by atoms with Crippen molar-refractivity contribution in [3.8, 4) is 12.0 Å². The van der Waals surface area contributed by atoms with E-state index < -0.39 is 15.9 Å². The van der Waals surface area contributed by atoms with Crippen LogP contribution in [0.25, 0.3) is 0 Å². The summed E-state index contributed by atoms with van der Waals surface area (Å²) >= 11 is 0. The molecule has 14 heteroatoms. The quantitative estimate of drug-likeness (QED) is 0.161. The summed E-state index contributed by atoms with van der Waals surface area (Å²) in [6, 6.07) is 0. The van der Waals surface area contributed by atoms with Crippen LogP contribution >= 0.6 is 7.81 Å². The Hall–Kier alpha value is -1.51. The van der Waals surface area contributed by atoms with Gasteiger partial charge in [-0.05, 0) is 0 Å². The second-order valence-electron chi connectivity index (χ2n) is 5.50. The Morgan fingerprint density at radius 3 is 1.36 bits per heavy atom. The van der Waals surface area contributed by atoms with E-state index in [4.69, 9.17) is 6.42 Å². The normalized spacial score (nSPS) is 16.2. The molecule has 0 spiro atoms. The van der Waals surface area contributed by atoms with Crippen LogP contribution in [-0.2, 0) is 0 Å². The molecule has 1 heterocycles. The third-order valence-electron chi connectivity index (χ3n) is 1.46. The van der Waals surface area contributed by atoms with E-state index in [0.717, 1.165) is 0 Å². The van der Waals surface area contributed by atoms with Crippen molar-refractivity contribution in [1.82, 2.24) is 21.0 Å². The molecule has 0 saturated heterocycles. The molecule has 0 saturated carbocycles. The summed E-state index contributed by atoms with van der Waals surface area (Å²) in [7, 11) is -4.56. The predicted octanol–water partition coefficient (Wildman–Crippen LogP) is 4.84. The van der Waals surface area contributed by atoms with Crippen LogP contribution < -0.4 is 11.0 Å². The summed E-state index contributed by atoms with van der Waals surface area (Å²) in [5.41, 5.74) is 8.19. The van der Waals surface area contributed by atoms with Gasteiger partial charge in [0.2, 0.25) is 0 Å². The van der Waals surface area contributed by atoms with E-state index in [0.29, 0.717) is 0 Å². The van der Waals surface area contributed by atoms with Gasteiger partial charge in [-0.1, -0.05) is 24.9 Å². The Kier molecular flexibility index (Phi) is 11.1. The topological polar surface area (TPSA) is 55.3 Å². The molecule has 1 rings (SSSR count). The average molecular weight is 415 g/mol. The standard InChI is InChI=1S/C5H10Si.C4H9N3.C2H7N3.F6P/c1-5-6(2,3)4;1-6-3-4-7(2)5-6;1-3-5-4-2;1-7(2,3,4,5)6/h1H,2-4H3;3-5H,1-2H3;1-2H3,(H,3,4);/q;;;-1. The van der Waals surface area contributed by atoms with Crippen molar-refractivity contribution in [1.29, 1.82) is 0 Å². The summed E-state index contributed by atoms with van der Waals surface area (Å²) in [4.78, 5) is 0. The Morgan fingerprint density at radius 1 is 1.04 bits per heavy atom. The molecule has 6 nitrogen and oxygen atoms in total. The van der Waals surface area contributed by atoms with Crippen LogP contribution in [0.3, 0.4) is 0 Å². The maximum atomic E-state index is 9.87. The van der Waals surface area contributed by atoms with Gasteiger partial charge in [-0.25, -0.2) is 0 Å². The maximum absolute atomic E-state index is 10.7. The van der Waals surface area contributed by atoms with Crippen molar-refractivity contribution in [2.24, 2.45) is 10.3 Å². The summed E-state index contributed by atoms with van der Waals surface area (Å²) in [5, 5.41) is 10.5. The fraction of sp³-hybridized carbons (Fsp3) is 0.636. The van der Waals surface area contributed by atoms with E-state index in [1.54, 1.807) is 14.1 Å². The molecular formula is C11H26F6N6PSi-. The molecule has 1 aliphatic rings. The number of terminal acetylenes is 1. The second kappa shape index (κ2) is 9.84. The van der Waals surface area contributed by atoms with Crippen molar-refractivity contribution in [2.75, 3.05) is 28.2 Å². The summed E-state index contributed by atoms with van der Waals surface area (Å²) in [6.45, 7) is 6.44. The predicted molar refractivity (Wildman–Crippen MR) is 93.4 cm³/mol. The number of halogens is 6. The van der Waals surface area contributed by atoms with Crippen LogP contribution in [0.4, 0.5) is 25.2 Å². The van der Waals surface area contributed by atoms with E-state index in [1.807, 2.05) is 36.5 Å². The summed E-state index contributed by atoms with van der Waals surface area (Å²) in [5.74, 6) is 0. The van der Waals surface area contributed by atoms with Crippen molar-refractivity contribution in [3.05, 3.63) is 12.4 Å². The second-order valence-corrected chi connectivity index (χ2v) is 12.2. The van der Waals surface area contributed by atoms with Crippen LogP contribution in [-0.4, -0.2) is 46.3 Å². The number of hydrogen-bond donors (Lipinski definition) is 2. The van der Waals surface area contributed by atoms with Gasteiger partial charge in [-0.2, -0.15) is 5.11 Å². The van der Waals surface area contributed by atoms with Gasteiger partial charge < -0.3 is 0 Å². The van der Waals surface area contributed by atoms with Crippen molar-refractivity contribution in [2.45, 2.75) is 19.6 Å². The Balaban J connectivity index is -0.000000261. The zero-order chi connectivity index (χ0) is 21.0. The Labute approximate surface area is 145 Å². The third kappa shape index (κ3) is 60.5. The van der Waals surface area contributed by atoms with Gasteiger partial charge in [0.25, 0.3) is 0 Å². The number of hydrogen-bond acceptors (Lipinski definition) is 5. The number of nitrogens with one attached hydrogen (secondary N) is 2. The van der Waals surface area contributed by atoms with Gasteiger partial charge >= 0.3 is 33.0 Å². The molecule has 0 atom stereocenters. The minimum absolute atomic E-state index is 1.10. The SMILES string of the molecule is C#C[Si](C)(C)C.CN1C=CN(C)N1.CN=NNC.F[P-](F)(F)(F)(F)F. The third-order valence-corrected chi connectivity index (χ3v) is 2.33. The first-order valence-electron chi connectivity index (χ1n) is 6.62. The minimum atomic E-state index is -10.7. The summed E-state index contributed by atoms with van der Waals surface area (Å²) in [6.07, 6.45) is 9.01. The van der Waals surface area contributed by atoms with Gasteiger partial charge in [0, 0.05) is 33.5 Å². The van der Waals surface area contributed by atoms with Crippen LogP contribution in [0.1, 0.15) is 0 Å². The van der Waals surface area contributed by atoms with Gasteiger partial charge in [-0.15, -0.1) is 17.5 Å². The molecule has 0 unspecified atom stereocenters. The molecule has 2 N–H and O–H groups in total. The molecule has 152 valence electrons. The molecule has 25 heavy (non-hydrogen) atoms. The Bertz CT molecular complexity index is 446. The molecule has 0 bridgehead atoms. The first kappa shape index (κ1) is 28.3. The van der Waals surface area contributed by atoms with Crippen LogP contribution in [0.15, 0.2) is 22.7 Å². The molecule has 0 aromatic rings. The van der Waals surface area contributed by atoms with Gasteiger partial charge in [0.05, 0.1) is 7.05 Å². The Morgan fingerprint density at radius 2 is 1.32 bits per heavy atom. The van der Waals surface area contributed by atoms with E-state index >= 15 is 0 Å². The molecule has 0 aromatic heterocycles. The van der Waals surface area contributed by atoms with Crippen molar-refractivity contribution >= 4 is 15.9 Å².